The molecule has 0 aliphatic rings. The van der Waals surface area contributed by atoms with Crippen LogP contribution in [0, 0.1) is 19.7 Å². The van der Waals surface area contributed by atoms with Crippen molar-refractivity contribution in [2.45, 2.75) is 26.4 Å². The van der Waals surface area contributed by atoms with Crippen LogP contribution in [0.5, 0.6) is 0 Å². The minimum absolute atomic E-state index is 0.321. The summed E-state index contributed by atoms with van der Waals surface area (Å²) in [5.41, 5.74) is 1.99. The molecule has 0 bridgehead atoms. The molecule has 0 amide bonds. The highest BCUT2D eigenvalue weighted by Crippen LogP contribution is 2.32. The zero-order chi connectivity index (χ0) is 13.3. The maximum atomic E-state index is 13.5. The summed E-state index contributed by atoms with van der Waals surface area (Å²) in [6, 6.07) is 12.3. The van der Waals surface area contributed by atoms with E-state index in [2.05, 4.69) is 0 Å². The molecule has 1 unspecified atom stereocenters. The van der Waals surface area contributed by atoms with Crippen LogP contribution in [0.1, 0.15) is 29.2 Å². The van der Waals surface area contributed by atoms with Crippen molar-refractivity contribution < 1.29 is 9.50 Å². The fourth-order valence-electron chi connectivity index (χ4n) is 2.29. The highest BCUT2D eigenvalue weighted by molar-refractivity contribution is 5.41. The molecule has 1 nitrogen and oxygen atoms in total. The van der Waals surface area contributed by atoms with Crippen LogP contribution in [0.3, 0.4) is 0 Å². The summed E-state index contributed by atoms with van der Waals surface area (Å²) in [5, 5.41) is 10.7. The summed E-state index contributed by atoms with van der Waals surface area (Å²) < 4.78 is 13.5. The number of hydrogen-bond acceptors (Lipinski definition) is 1. The molecule has 2 rings (SSSR count). The molecule has 0 fully saturated rings. The Kier molecular flexibility index (Phi) is 3.22. The predicted octanol–water partition coefficient (Wildman–Crippen LogP) is 3.70. The molecule has 18 heavy (non-hydrogen) atoms. The largest absolute Gasteiger partial charge is 0.381 e. The Hall–Kier alpha value is -1.67. The van der Waals surface area contributed by atoms with Crippen LogP contribution in [0.4, 0.5) is 4.39 Å². The van der Waals surface area contributed by atoms with Gasteiger partial charge in [-0.25, -0.2) is 4.39 Å². The molecular formula is C16H17FO. The normalized spacial score (nSPS) is 14.3. The molecule has 0 spiro atoms. The van der Waals surface area contributed by atoms with Gasteiger partial charge in [-0.2, -0.15) is 0 Å². The highest BCUT2D eigenvalue weighted by atomic mass is 19.1. The van der Waals surface area contributed by atoms with Crippen molar-refractivity contribution in [2.24, 2.45) is 0 Å². The van der Waals surface area contributed by atoms with Crippen molar-refractivity contribution in [1.29, 1.82) is 0 Å². The van der Waals surface area contributed by atoms with Crippen LogP contribution in [0.2, 0.25) is 0 Å². The van der Waals surface area contributed by atoms with Crippen LogP contribution in [-0.2, 0) is 5.60 Å². The lowest BCUT2D eigenvalue weighted by atomic mass is 9.85. The van der Waals surface area contributed by atoms with Gasteiger partial charge in [0, 0.05) is 0 Å². The summed E-state index contributed by atoms with van der Waals surface area (Å²) in [5.74, 6) is -0.321. The Morgan fingerprint density at radius 2 is 1.72 bits per heavy atom. The molecule has 0 aliphatic heterocycles. The number of halogens is 1. The molecule has 2 aromatic carbocycles. The van der Waals surface area contributed by atoms with Crippen LogP contribution in [0.25, 0.3) is 0 Å². The molecule has 2 heteroatoms. The van der Waals surface area contributed by atoms with Gasteiger partial charge in [0.05, 0.1) is 0 Å². The molecular weight excluding hydrogens is 227 g/mol. The third-order valence-electron chi connectivity index (χ3n) is 3.27. The van der Waals surface area contributed by atoms with Crippen molar-refractivity contribution in [3.8, 4) is 0 Å². The molecule has 94 valence electrons. The van der Waals surface area contributed by atoms with Gasteiger partial charge in [-0.3, -0.25) is 0 Å². The van der Waals surface area contributed by atoms with Gasteiger partial charge in [0.1, 0.15) is 11.4 Å². The van der Waals surface area contributed by atoms with E-state index in [1.165, 1.54) is 12.1 Å². The molecule has 0 saturated carbocycles. The fourth-order valence-corrected chi connectivity index (χ4v) is 2.29. The number of rotatable bonds is 2. The van der Waals surface area contributed by atoms with Gasteiger partial charge in [-0.05, 0) is 55.2 Å². The monoisotopic (exact) mass is 244 g/mol. The Labute approximate surface area is 107 Å². The number of hydrogen-bond donors (Lipinski definition) is 1. The van der Waals surface area contributed by atoms with Gasteiger partial charge in [-0.15, -0.1) is 0 Å². The average Bonchev–Trinajstić information content (AvgIpc) is 2.28. The molecule has 1 N–H and O–H groups in total. The molecule has 0 heterocycles. The van der Waals surface area contributed by atoms with Gasteiger partial charge in [0.15, 0.2) is 0 Å². The quantitative estimate of drug-likeness (QED) is 0.854. The van der Waals surface area contributed by atoms with E-state index in [-0.39, 0.29) is 5.82 Å². The standard InChI is InChI=1S/C16H17FO/c1-11-8-13(10-14(17)9-11)16(3,18)15-7-5-4-6-12(15)2/h4-10,18H,1-3H3. The van der Waals surface area contributed by atoms with E-state index >= 15 is 0 Å². The summed E-state index contributed by atoms with van der Waals surface area (Å²) in [4.78, 5) is 0. The second kappa shape index (κ2) is 4.54. The van der Waals surface area contributed by atoms with Gasteiger partial charge < -0.3 is 5.11 Å². The van der Waals surface area contributed by atoms with Crippen LogP contribution in [0.15, 0.2) is 42.5 Å². The summed E-state index contributed by atoms with van der Waals surface area (Å²) in [6.07, 6.45) is 0. The van der Waals surface area contributed by atoms with Crippen molar-refractivity contribution in [1.82, 2.24) is 0 Å². The first-order chi connectivity index (χ1) is 8.41. The first kappa shape index (κ1) is 12.8. The van der Waals surface area contributed by atoms with E-state index in [0.29, 0.717) is 5.56 Å². The molecule has 0 aliphatic carbocycles. The van der Waals surface area contributed by atoms with Gasteiger partial charge in [0.2, 0.25) is 0 Å². The molecule has 0 saturated heterocycles. The Morgan fingerprint density at radius 3 is 2.33 bits per heavy atom. The lowest BCUT2D eigenvalue weighted by molar-refractivity contribution is 0.101. The van der Waals surface area contributed by atoms with Crippen LogP contribution < -0.4 is 0 Å². The maximum absolute atomic E-state index is 13.5. The first-order valence-corrected chi connectivity index (χ1v) is 5.97. The lowest BCUT2D eigenvalue weighted by Gasteiger charge is -2.26. The van der Waals surface area contributed by atoms with Crippen LogP contribution in [-0.4, -0.2) is 5.11 Å². The van der Waals surface area contributed by atoms with Gasteiger partial charge >= 0.3 is 0 Å². The molecule has 0 aromatic heterocycles. The zero-order valence-corrected chi connectivity index (χ0v) is 10.9. The van der Waals surface area contributed by atoms with Gasteiger partial charge in [0.25, 0.3) is 0 Å². The van der Waals surface area contributed by atoms with E-state index in [0.717, 1.165) is 16.7 Å². The molecule has 1 atom stereocenters. The smallest absolute Gasteiger partial charge is 0.123 e. The van der Waals surface area contributed by atoms with E-state index < -0.39 is 5.60 Å². The highest BCUT2D eigenvalue weighted by Gasteiger charge is 2.27. The SMILES string of the molecule is Cc1cc(F)cc(C(C)(O)c2ccccc2C)c1. The van der Waals surface area contributed by atoms with E-state index in [1.54, 1.807) is 6.92 Å². The fraction of sp³-hybridized carbons (Fsp3) is 0.250. The minimum atomic E-state index is -1.18. The number of aryl methyl sites for hydroxylation is 2. The minimum Gasteiger partial charge on any atom is -0.381 e. The van der Waals surface area contributed by atoms with Gasteiger partial charge in [-0.1, -0.05) is 30.3 Å². The van der Waals surface area contributed by atoms with Crippen molar-refractivity contribution >= 4 is 0 Å². The maximum Gasteiger partial charge on any atom is 0.123 e. The van der Waals surface area contributed by atoms with Crippen molar-refractivity contribution in [3.05, 3.63) is 70.5 Å². The van der Waals surface area contributed by atoms with Crippen molar-refractivity contribution in [3.63, 3.8) is 0 Å². The third-order valence-corrected chi connectivity index (χ3v) is 3.27. The average molecular weight is 244 g/mol. The lowest BCUT2D eigenvalue weighted by Crippen LogP contribution is -2.24. The van der Waals surface area contributed by atoms with E-state index in [9.17, 15) is 9.50 Å². The predicted molar refractivity (Wildman–Crippen MR) is 71.0 cm³/mol. The summed E-state index contributed by atoms with van der Waals surface area (Å²) >= 11 is 0. The molecule has 2 aromatic rings. The zero-order valence-electron chi connectivity index (χ0n) is 10.9. The second-order valence-electron chi connectivity index (χ2n) is 4.90. The number of benzene rings is 2. The first-order valence-electron chi connectivity index (χ1n) is 5.97. The summed E-state index contributed by atoms with van der Waals surface area (Å²) in [7, 11) is 0. The van der Waals surface area contributed by atoms with E-state index in [1.807, 2.05) is 44.2 Å². The molecule has 0 radical (unpaired) electrons. The third kappa shape index (κ3) is 2.29. The Balaban J connectivity index is 2.57. The van der Waals surface area contributed by atoms with E-state index in [4.69, 9.17) is 0 Å². The Morgan fingerprint density at radius 1 is 1.06 bits per heavy atom. The summed E-state index contributed by atoms with van der Waals surface area (Å²) in [6.45, 7) is 5.46. The Bertz CT molecular complexity index is 553. The van der Waals surface area contributed by atoms with Crippen molar-refractivity contribution in [2.75, 3.05) is 0 Å². The number of aliphatic hydroxyl groups is 1. The topological polar surface area (TPSA) is 20.2 Å². The van der Waals surface area contributed by atoms with Crippen LogP contribution >= 0.6 is 0 Å². The second-order valence-corrected chi connectivity index (χ2v) is 4.90.